The molecule has 2 aromatic heterocycles. The highest BCUT2D eigenvalue weighted by Gasteiger charge is 2.24. The molecule has 2 heterocycles. The van der Waals surface area contributed by atoms with Crippen molar-refractivity contribution in [2.45, 2.75) is 112 Å². The molecule has 4 N–H and O–H groups in total. The number of ether oxygens (including phenoxy) is 6. The Bertz CT molecular complexity index is 3040. The summed E-state index contributed by atoms with van der Waals surface area (Å²) < 4.78 is 84.4. The number of amides is 2. The van der Waals surface area contributed by atoms with Crippen molar-refractivity contribution in [3.05, 3.63) is 83.4 Å². The van der Waals surface area contributed by atoms with Crippen molar-refractivity contribution in [1.29, 1.82) is 0 Å². The second-order valence-corrected chi connectivity index (χ2v) is 23.7. The van der Waals surface area contributed by atoms with Gasteiger partial charge in [-0.1, -0.05) is 28.7 Å². The van der Waals surface area contributed by atoms with Crippen LogP contribution < -0.4 is 20.1 Å². The van der Waals surface area contributed by atoms with E-state index in [1.165, 1.54) is 99.9 Å². The number of nitrogens with one attached hydrogen (secondary N) is 4. The van der Waals surface area contributed by atoms with Gasteiger partial charge in [-0.2, -0.15) is 23.5 Å². The molecular formula is C54H76N8O18S4. The number of anilines is 4. The number of aryl methyl sites for hydroxylation is 4. The lowest BCUT2D eigenvalue weighted by Gasteiger charge is -2.14. The average Bonchev–Trinajstić information content (AvgIpc) is 3.60. The number of hydrogen-bond acceptors (Lipinski definition) is 24. The van der Waals surface area contributed by atoms with Crippen molar-refractivity contribution < 1.29 is 83.6 Å². The number of sulfonamides is 2. The zero-order valence-corrected chi connectivity index (χ0v) is 50.2. The van der Waals surface area contributed by atoms with E-state index in [-0.39, 0.29) is 86.8 Å². The minimum Gasteiger partial charge on any atom is -0.461 e. The molecule has 2 amide bonds. The Balaban J connectivity index is 0.000000824. The van der Waals surface area contributed by atoms with Gasteiger partial charge in [0.05, 0.1) is 29.2 Å². The average molecular weight is 1250 g/mol. The maximum Gasteiger partial charge on any atom is 0.347 e. The van der Waals surface area contributed by atoms with E-state index in [1.54, 1.807) is 53.7 Å². The van der Waals surface area contributed by atoms with E-state index < -0.39 is 80.5 Å². The summed E-state index contributed by atoms with van der Waals surface area (Å²) in [6.07, 6.45) is -2.30. The van der Waals surface area contributed by atoms with Crippen molar-refractivity contribution in [3.8, 4) is 0 Å². The molecule has 0 aliphatic heterocycles. The number of aromatic nitrogens is 4. The van der Waals surface area contributed by atoms with Crippen LogP contribution in [0.3, 0.4) is 0 Å². The first-order valence-corrected chi connectivity index (χ1v) is 30.4. The van der Waals surface area contributed by atoms with E-state index in [2.05, 4.69) is 40.0 Å². The molecule has 0 bridgehead atoms. The number of nitrogens with zero attached hydrogens (tertiary/aromatic N) is 4. The third kappa shape index (κ3) is 28.3. The van der Waals surface area contributed by atoms with Gasteiger partial charge in [-0.05, 0) is 109 Å². The van der Waals surface area contributed by atoms with Crippen molar-refractivity contribution in [2.75, 3.05) is 76.6 Å². The van der Waals surface area contributed by atoms with Crippen molar-refractivity contribution in [2.24, 2.45) is 11.8 Å². The van der Waals surface area contributed by atoms with Gasteiger partial charge >= 0.3 is 29.8 Å². The van der Waals surface area contributed by atoms with Crippen LogP contribution in [-0.2, 0) is 86.8 Å². The molecule has 30 heteroatoms. The minimum atomic E-state index is -3.93. The summed E-state index contributed by atoms with van der Waals surface area (Å²) in [5.41, 5.74) is 3.34. The largest absolute Gasteiger partial charge is 0.461 e. The Hall–Kier alpha value is -7.28. The van der Waals surface area contributed by atoms with Crippen LogP contribution in [0.15, 0.2) is 70.5 Å². The number of ketones is 1. The summed E-state index contributed by atoms with van der Waals surface area (Å²) in [6.45, 7) is 13.6. The SMILES string of the molecule is C.C.CC(=O)COC(=O)C(C)OC(=O)CCSCC(C)C(=O)Nc1ccc(S(=O)(=O)Nc2nc(C)cc(C)n2)cc1.COCCOC(=O)COC(=O)C(C)OC(=O)CCSCC(C)C(=O)Nc1ccc(S(=O)(=O)Nc2nc(C)cc(C)n2)cc1. The van der Waals surface area contributed by atoms with E-state index >= 15 is 0 Å². The molecule has 26 nitrogen and oxygen atoms in total. The standard InChI is InChI=1S/C27H36N4O10S2.C25H32N4O8S2.2CH4/c1-17(16-42-13-10-23(32)41-20(4)26(35)40-15-24(33)39-12-11-38-5)25(34)30-21-6-8-22(9-7-21)43(36,37)31-27-28-18(2)14-19(3)29-27;1-15(14-38-11-10-22(31)37-19(5)24(33)36-13-18(4)30)23(32)28-20-6-8-21(9-7-20)39(34,35)29-25-26-16(2)12-17(3)27-25;;/h6-9,14,17,20H,10-13,15-16H2,1-5H3,(H,30,34)(H,28,29,31);6-9,12,15,19H,10-11,13-14H2,1-5H3,(H,28,32)(H,26,27,29);2*1H4. The van der Waals surface area contributed by atoms with E-state index in [1.807, 2.05) is 0 Å². The lowest BCUT2D eigenvalue weighted by Crippen LogP contribution is -2.29. The Labute approximate surface area is 499 Å². The van der Waals surface area contributed by atoms with E-state index in [4.69, 9.17) is 28.4 Å². The third-order valence-electron chi connectivity index (χ3n) is 10.4. The van der Waals surface area contributed by atoms with E-state index in [9.17, 15) is 55.2 Å². The van der Waals surface area contributed by atoms with Crippen molar-refractivity contribution >= 4 is 114 Å². The maximum atomic E-state index is 12.7. The van der Waals surface area contributed by atoms with E-state index in [0.717, 1.165) is 0 Å². The fourth-order valence-corrected chi connectivity index (χ4v) is 10.1. The lowest BCUT2D eigenvalue weighted by molar-refractivity contribution is -0.171. The van der Waals surface area contributed by atoms with Crippen molar-refractivity contribution in [1.82, 2.24) is 19.9 Å². The predicted octanol–water partition coefficient (Wildman–Crippen LogP) is 6.18. The first-order chi connectivity index (χ1) is 38.6. The zero-order valence-electron chi connectivity index (χ0n) is 46.9. The molecule has 464 valence electrons. The summed E-state index contributed by atoms with van der Waals surface area (Å²) in [7, 11) is -6.40. The number of thioether (sulfide) groups is 2. The van der Waals surface area contributed by atoms with Crippen LogP contribution in [0.25, 0.3) is 0 Å². The third-order valence-corrected chi connectivity index (χ3v) is 15.5. The van der Waals surface area contributed by atoms with Crippen LogP contribution in [0.4, 0.5) is 23.3 Å². The fraction of sp³-hybridized carbons (Fsp3) is 0.481. The molecule has 0 aliphatic rings. The second-order valence-electron chi connectivity index (χ2n) is 18.0. The molecule has 4 unspecified atom stereocenters. The quantitative estimate of drug-likeness (QED) is 0.0248. The molecule has 4 aromatic rings. The first-order valence-electron chi connectivity index (χ1n) is 25.1. The summed E-state index contributed by atoms with van der Waals surface area (Å²) in [5.74, 6) is -3.90. The second kappa shape index (κ2) is 37.1. The lowest BCUT2D eigenvalue weighted by atomic mass is 10.2. The highest BCUT2D eigenvalue weighted by Crippen LogP contribution is 2.21. The first kappa shape index (κ1) is 74.7. The number of benzene rings is 2. The molecule has 2 aromatic carbocycles. The van der Waals surface area contributed by atoms with Gasteiger partial charge in [0.15, 0.2) is 24.6 Å². The molecule has 0 spiro atoms. The van der Waals surface area contributed by atoms with Crippen LogP contribution >= 0.6 is 23.5 Å². The molecule has 0 aliphatic carbocycles. The predicted molar refractivity (Wildman–Crippen MR) is 317 cm³/mol. The Morgan fingerprint density at radius 3 is 1.23 bits per heavy atom. The highest BCUT2D eigenvalue weighted by molar-refractivity contribution is 7.99. The molecule has 0 fully saturated rings. The summed E-state index contributed by atoms with van der Waals surface area (Å²) >= 11 is 2.71. The summed E-state index contributed by atoms with van der Waals surface area (Å²) in [5, 5.41) is 5.47. The van der Waals surface area contributed by atoms with Crippen LogP contribution in [0.5, 0.6) is 0 Å². The number of methoxy groups -OCH3 is 1. The normalized spacial score (nSPS) is 12.3. The molecular weight excluding hydrogens is 1180 g/mol. The fourth-order valence-electron chi connectivity index (χ4n) is 6.28. The molecule has 0 radical (unpaired) electrons. The van der Waals surface area contributed by atoms with Gasteiger partial charge in [-0.15, -0.1) is 0 Å². The Morgan fingerprint density at radius 1 is 0.524 bits per heavy atom. The molecule has 4 rings (SSSR count). The minimum absolute atomic E-state index is 0. The number of carbonyl (C=O) groups is 8. The van der Waals surface area contributed by atoms with Gasteiger partial charge in [0.25, 0.3) is 20.0 Å². The van der Waals surface area contributed by atoms with Crippen molar-refractivity contribution in [3.63, 3.8) is 0 Å². The van der Waals surface area contributed by atoms with Crippen LogP contribution in [0, 0.1) is 39.5 Å². The Morgan fingerprint density at radius 2 is 0.881 bits per heavy atom. The smallest absolute Gasteiger partial charge is 0.347 e. The number of hydrogen-bond donors (Lipinski definition) is 4. The van der Waals surface area contributed by atoms with Crippen LogP contribution in [-0.4, -0.2) is 153 Å². The van der Waals surface area contributed by atoms with E-state index in [0.29, 0.717) is 57.2 Å². The van der Waals surface area contributed by atoms with Gasteiger partial charge in [-0.25, -0.2) is 60.6 Å². The van der Waals surface area contributed by atoms with Gasteiger partial charge in [0.1, 0.15) is 13.2 Å². The molecule has 0 saturated carbocycles. The van der Waals surface area contributed by atoms with Crippen LogP contribution in [0.1, 0.15) is 85.1 Å². The number of carbonyl (C=O) groups excluding carboxylic acids is 8. The molecule has 0 saturated heterocycles. The Kier molecular flexibility index (Phi) is 33.0. The van der Waals surface area contributed by atoms with Crippen LogP contribution in [0.2, 0.25) is 0 Å². The van der Waals surface area contributed by atoms with Gasteiger partial charge in [-0.3, -0.25) is 24.0 Å². The van der Waals surface area contributed by atoms with Gasteiger partial charge < -0.3 is 39.1 Å². The number of esters is 5. The zero-order chi connectivity index (χ0) is 61.2. The highest BCUT2D eigenvalue weighted by atomic mass is 32.2. The number of rotatable bonds is 31. The maximum absolute atomic E-state index is 12.7. The monoisotopic (exact) mass is 1250 g/mol. The molecule has 4 atom stereocenters. The summed E-state index contributed by atoms with van der Waals surface area (Å²) in [6, 6.07) is 14.8. The van der Waals surface area contributed by atoms with Gasteiger partial charge in [0.2, 0.25) is 23.7 Å². The molecule has 84 heavy (non-hydrogen) atoms. The topological polar surface area (TPSA) is 360 Å². The number of Topliss-reactive ketones (excluding diaryl/α,β-unsaturated/α-hetero) is 1. The summed E-state index contributed by atoms with van der Waals surface area (Å²) in [4.78, 5) is 111. The van der Waals surface area contributed by atoms with Gasteiger partial charge in [0, 0.05) is 76.1 Å².